The molecule has 2 aromatic rings. The van der Waals surface area contributed by atoms with Crippen molar-refractivity contribution in [3.63, 3.8) is 0 Å². The molecule has 3 rings (SSSR count). The number of aromatic nitrogens is 1. The second kappa shape index (κ2) is 13.2. The number of hydrogen-bond donors (Lipinski definition) is 2. The smallest absolute Gasteiger partial charge is 0.226 e. The first-order valence-corrected chi connectivity index (χ1v) is 14.1. The molecule has 1 aliphatic heterocycles. The van der Waals surface area contributed by atoms with Gasteiger partial charge in [-0.3, -0.25) is 19.2 Å². The van der Waals surface area contributed by atoms with Crippen molar-refractivity contribution in [1.29, 1.82) is 0 Å². The predicted octanol–water partition coefficient (Wildman–Crippen LogP) is 3.73. The summed E-state index contributed by atoms with van der Waals surface area (Å²) in [6.07, 6.45) is 0.689. The molecule has 0 spiro atoms. The number of carbonyl (C=O) groups is 4. The number of benzene rings is 1. The Morgan fingerprint density at radius 1 is 1.16 bits per heavy atom. The molecule has 1 aromatic heterocycles. The Hall–Kier alpha value is -2.91. The number of Topliss-reactive ketones (excluding diaryl/α,β-unsaturated/α-hetero) is 2. The van der Waals surface area contributed by atoms with Gasteiger partial charge < -0.3 is 15.3 Å². The molecule has 1 fully saturated rings. The predicted molar refractivity (Wildman–Crippen MR) is 148 cm³/mol. The van der Waals surface area contributed by atoms with Crippen LogP contribution in [-0.4, -0.2) is 63.1 Å². The maximum Gasteiger partial charge on any atom is 0.226 e. The molecule has 4 atom stereocenters. The highest BCUT2D eigenvalue weighted by Gasteiger charge is 2.40. The highest BCUT2D eigenvalue weighted by Crippen LogP contribution is 2.28. The number of aliphatic hydroxyl groups excluding tert-OH is 1. The number of nitrogens with zero attached hydrogens (tertiary/aromatic N) is 2. The molecular weight excluding hydrogens is 502 g/mol. The van der Waals surface area contributed by atoms with Crippen LogP contribution in [0.3, 0.4) is 0 Å². The molecule has 8 nitrogen and oxygen atoms in total. The Kier molecular flexibility index (Phi) is 10.3. The summed E-state index contributed by atoms with van der Waals surface area (Å²) < 4.78 is 0. The summed E-state index contributed by atoms with van der Waals surface area (Å²) in [4.78, 5) is 57.7. The Balaban J connectivity index is 1.59. The van der Waals surface area contributed by atoms with Crippen LogP contribution in [0.1, 0.15) is 64.6 Å². The van der Waals surface area contributed by atoms with E-state index in [2.05, 4.69) is 10.3 Å². The number of aryl methyl sites for hydroxylation is 2. The van der Waals surface area contributed by atoms with E-state index in [4.69, 9.17) is 0 Å². The number of amides is 2. The van der Waals surface area contributed by atoms with E-state index in [1.54, 1.807) is 18.3 Å². The zero-order valence-corrected chi connectivity index (χ0v) is 23.7. The lowest BCUT2D eigenvalue weighted by Gasteiger charge is -2.27. The van der Waals surface area contributed by atoms with Gasteiger partial charge in [-0.15, -0.1) is 11.3 Å². The van der Waals surface area contributed by atoms with E-state index in [0.29, 0.717) is 12.8 Å². The second-order valence-electron chi connectivity index (χ2n) is 10.8. The van der Waals surface area contributed by atoms with Gasteiger partial charge in [0.1, 0.15) is 0 Å². The van der Waals surface area contributed by atoms with Crippen LogP contribution in [0.15, 0.2) is 29.8 Å². The first kappa shape index (κ1) is 29.6. The average Bonchev–Trinajstić information content (AvgIpc) is 3.46. The minimum absolute atomic E-state index is 0.0322. The molecule has 1 aliphatic rings. The van der Waals surface area contributed by atoms with Crippen molar-refractivity contribution in [2.24, 2.45) is 11.8 Å². The highest BCUT2D eigenvalue weighted by molar-refractivity contribution is 7.13. The van der Waals surface area contributed by atoms with E-state index >= 15 is 0 Å². The van der Waals surface area contributed by atoms with Crippen molar-refractivity contribution in [2.75, 3.05) is 6.54 Å². The van der Waals surface area contributed by atoms with Gasteiger partial charge in [0.25, 0.3) is 0 Å². The van der Waals surface area contributed by atoms with Gasteiger partial charge >= 0.3 is 0 Å². The molecule has 206 valence electrons. The van der Waals surface area contributed by atoms with Crippen LogP contribution in [0.4, 0.5) is 0 Å². The zero-order chi connectivity index (χ0) is 28.0. The minimum Gasteiger partial charge on any atom is -0.391 e. The van der Waals surface area contributed by atoms with Crippen molar-refractivity contribution in [3.05, 3.63) is 41.0 Å². The number of aliphatic hydroxyl groups is 1. The van der Waals surface area contributed by atoms with Crippen LogP contribution < -0.4 is 5.32 Å². The van der Waals surface area contributed by atoms with Gasteiger partial charge in [0, 0.05) is 38.6 Å². The molecule has 0 unspecified atom stereocenters. The molecule has 2 amide bonds. The van der Waals surface area contributed by atoms with Crippen molar-refractivity contribution >= 4 is 34.7 Å². The third kappa shape index (κ3) is 7.80. The Morgan fingerprint density at radius 2 is 1.84 bits per heavy atom. The van der Waals surface area contributed by atoms with Crippen molar-refractivity contribution in [1.82, 2.24) is 15.2 Å². The number of nitrogens with one attached hydrogen (secondary N) is 1. The molecule has 0 saturated carbocycles. The van der Waals surface area contributed by atoms with E-state index in [1.165, 1.54) is 11.8 Å². The lowest BCUT2D eigenvalue weighted by atomic mass is 9.93. The third-order valence-electron chi connectivity index (χ3n) is 6.96. The summed E-state index contributed by atoms with van der Waals surface area (Å²) >= 11 is 1.59. The average molecular weight is 542 g/mol. The molecule has 2 heterocycles. The Labute approximate surface area is 228 Å². The number of rotatable bonds is 12. The van der Waals surface area contributed by atoms with Crippen LogP contribution in [0.2, 0.25) is 0 Å². The third-order valence-corrected chi connectivity index (χ3v) is 7.94. The molecule has 38 heavy (non-hydrogen) atoms. The highest BCUT2D eigenvalue weighted by atomic mass is 32.1. The van der Waals surface area contributed by atoms with E-state index in [1.807, 2.05) is 50.5 Å². The molecule has 2 N–H and O–H groups in total. The zero-order valence-electron chi connectivity index (χ0n) is 22.9. The standard InChI is InChI=1S/C29H39N3O5S/c1-17(2)12-24(31-20(5)33)27(36)13-18(3)29(37)32-15-23(34)14-25(32)26(35)11-8-21-6-9-22(10-7-21)28-19(4)30-16-38-28/h6-7,9-10,16-18,23-25,34H,8,11-15H2,1-5H3,(H,31,33)/t18-,23-,24+,25+/m1/s1. The second-order valence-corrected chi connectivity index (χ2v) is 11.6. The number of thiazole rings is 1. The largest absolute Gasteiger partial charge is 0.391 e. The Morgan fingerprint density at radius 3 is 2.42 bits per heavy atom. The number of ketones is 2. The van der Waals surface area contributed by atoms with Gasteiger partial charge in [-0.05, 0) is 36.8 Å². The SMILES string of the molecule is CC(=O)N[C@@H](CC(C)C)C(=O)C[C@@H](C)C(=O)N1C[C@H](O)C[C@H]1C(=O)CCc1ccc(-c2scnc2C)cc1. The van der Waals surface area contributed by atoms with Gasteiger partial charge in [0.05, 0.1) is 34.3 Å². The molecule has 9 heteroatoms. The van der Waals surface area contributed by atoms with Gasteiger partial charge in [-0.1, -0.05) is 45.0 Å². The van der Waals surface area contributed by atoms with Gasteiger partial charge in [0.2, 0.25) is 11.8 Å². The van der Waals surface area contributed by atoms with Crippen molar-refractivity contribution in [2.45, 2.75) is 84.9 Å². The fourth-order valence-electron chi connectivity index (χ4n) is 5.00. The van der Waals surface area contributed by atoms with Crippen LogP contribution in [0, 0.1) is 18.8 Å². The fourth-order valence-corrected chi connectivity index (χ4v) is 5.81. The van der Waals surface area contributed by atoms with E-state index in [0.717, 1.165) is 21.7 Å². The summed E-state index contributed by atoms with van der Waals surface area (Å²) in [5.74, 6) is -1.35. The first-order valence-electron chi connectivity index (χ1n) is 13.3. The molecule has 0 aliphatic carbocycles. The topological polar surface area (TPSA) is 117 Å². The van der Waals surface area contributed by atoms with E-state index in [-0.39, 0.29) is 55.1 Å². The minimum atomic E-state index is -0.772. The number of carbonyl (C=O) groups excluding carboxylic acids is 4. The van der Waals surface area contributed by atoms with Gasteiger partial charge in [-0.2, -0.15) is 0 Å². The number of hydrogen-bond acceptors (Lipinski definition) is 7. The van der Waals surface area contributed by atoms with Crippen LogP contribution in [-0.2, 0) is 25.6 Å². The maximum absolute atomic E-state index is 13.3. The normalized spacial score (nSPS) is 18.9. The van der Waals surface area contributed by atoms with E-state index < -0.39 is 24.1 Å². The van der Waals surface area contributed by atoms with Gasteiger partial charge in [0.15, 0.2) is 11.6 Å². The number of likely N-dealkylation sites (tertiary alicyclic amines) is 1. The molecule has 1 aromatic carbocycles. The molecule has 0 radical (unpaired) electrons. The fraction of sp³-hybridized carbons (Fsp3) is 0.552. The summed E-state index contributed by atoms with van der Waals surface area (Å²) in [7, 11) is 0. The van der Waals surface area contributed by atoms with Crippen LogP contribution in [0.5, 0.6) is 0 Å². The summed E-state index contributed by atoms with van der Waals surface area (Å²) in [5.41, 5.74) is 4.93. The molecule has 0 bridgehead atoms. The number of β-amino-alcohol motifs (C(OH)–C–C–N with tert-alkyl or cyclic N) is 1. The van der Waals surface area contributed by atoms with Crippen LogP contribution in [0.25, 0.3) is 10.4 Å². The summed E-state index contributed by atoms with van der Waals surface area (Å²) in [6, 6.07) is 6.73. The molecular formula is C29H39N3O5S. The lowest BCUT2D eigenvalue weighted by molar-refractivity contribution is -0.142. The first-order chi connectivity index (χ1) is 18.0. The van der Waals surface area contributed by atoms with Crippen molar-refractivity contribution < 1.29 is 24.3 Å². The van der Waals surface area contributed by atoms with E-state index in [9.17, 15) is 24.3 Å². The molecule has 1 saturated heterocycles. The van der Waals surface area contributed by atoms with Gasteiger partial charge in [-0.25, -0.2) is 4.98 Å². The quantitative estimate of drug-likeness (QED) is 0.423. The monoisotopic (exact) mass is 541 g/mol. The summed E-state index contributed by atoms with van der Waals surface area (Å²) in [5, 5.41) is 13.0. The lowest BCUT2D eigenvalue weighted by Crippen LogP contribution is -2.45. The van der Waals surface area contributed by atoms with Crippen LogP contribution >= 0.6 is 11.3 Å². The van der Waals surface area contributed by atoms with Crippen molar-refractivity contribution in [3.8, 4) is 10.4 Å². The maximum atomic E-state index is 13.3. The summed E-state index contributed by atoms with van der Waals surface area (Å²) in [6.45, 7) is 9.03. The Bertz CT molecular complexity index is 1140.